The number of para-hydroxylation sites is 1. The molecule has 4 heteroatoms. The van der Waals surface area contributed by atoms with E-state index in [0.717, 1.165) is 27.7 Å². The van der Waals surface area contributed by atoms with Crippen LogP contribution in [0.25, 0.3) is 16.6 Å². The van der Waals surface area contributed by atoms with Crippen LogP contribution < -0.4 is 0 Å². The number of aromatic nitrogens is 1. The number of Topliss-reactive ketones (excluding diaryl/α,β-unsaturated/α-hetero) is 1. The topological polar surface area (TPSA) is 59.3 Å². The number of ketones is 1. The number of carboxylic acids is 1. The van der Waals surface area contributed by atoms with Crippen LogP contribution in [0, 0.1) is 0 Å². The molecule has 0 saturated carbocycles. The summed E-state index contributed by atoms with van der Waals surface area (Å²) in [7, 11) is 0. The van der Waals surface area contributed by atoms with E-state index in [1.165, 1.54) is 0 Å². The predicted octanol–water partition coefficient (Wildman–Crippen LogP) is 5.63. The van der Waals surface area contributed by atoms with E-state index >= 15 is 0 Å². The summed E-state index contributed by atoms with van der Waals surface area (Å²) in [5.41, 5.74) is 4.46. The average molecular weight is 397 g/mol. The van der Waals surface area contributed by atoms with Crippen molar-refractivity contribution in [3.05, 3.63) is 102 Å². The standard InChI is InChI=1S/C26H23NO3/c1-18(20-8-4-2-5-9-20)26(30)23-17-27(21-10-6-3-7-11-21)24-14-12-19(16-22(23)24)13-15-25(28)29/h2-12,14,16-18H,13,15H2,1H3,(H,28,29). The minimum absolute atomic E-state index is 0.0521. The fraction of sp³-hybridized carbons (Fsp3) is 0.154. The first-order valence-electron chi connectivity index (χ1n) is 10.0. The Bertz CT molecular complexity index is 1190. The molecule has 4 rings (SSSR count). The van der Waals surface area contributed by atoms with Gasteiger partial charge in [0.15, 0.2) is 5.78 Å². The van der Waals surface area contributed by atoms with Gasteiger partial charge in [-0.2, -0.15) is 0 Å². The van der Waals surface area contributed by atoms with Crippen LogP contribution in [0.4, 0.5) is 0 Å². The van der Waals surface area contributed by atoms with Crippen LogP contribution in [0.1, 0.15) is 40.7 Å². The lowest BCUT2D eigenvalue weighted by molar-refractivity contribution is -0.136. The van der Waals surface area contributed by atoms with Crippen molar-refractivity contribution in [1.82, 2.24) is 4.57 Å². The van der Waals surface area contributed by atoms with Gasteiger partial charge in [0.1, 0.15) is 0 Å². The fourth-order valence-corrected chi connectivity index (χ4v) is 3.81. The second kappa shape index (κ2) is 8.37. The van der Waals surface area contributed by atoms with E-state index in [0.29, 0.717) is 12.0 Å². The molecule has 0 saturated heterocycles. The number of carbonyl (C=O) groups is 2. The quantitative estimate of drug-likeness (QED) is 0.411. The maximum atomic E-state index is 13.5. The molecule has 4 nitrogen and oxygen atoms in total. The zero-order valence-corrected chi connectivity index (χ0v) is 16.8. The zero-order valence-electron chi connectivity index (χ0n) is 16.8. The molecule has 0 fully saturated rings. The second-order valence-corrected chi connectivity index (χ2v) is 7.49. The number of carbonyl (C=O) groups excluding carboxylic acids is 1. The Labute approximate surface area is 175 Å². The molecule has 0 aliphatic heterocycles. The third-order valence-corrected chi connectivity index (χ3v) is 5.49. The van der Waals surface area contributed by atoms with E-state index in [4.69, 9.17) is 5.11 Å². The van der Waals surface area contributed by atoms with Crippen molar-refractivity contribution in [1.29, 1.82) is 0 Å². The summed E-state index contributed by atoms with van der Waals surface area (Å²) in [6.45, 7) is 1.93. The largest absolute Gasteiger partial charge is 0.481 e. The maximum Gasteiger partial charge on any atom is 0.303 e. The molecule has 0 amide bonds. The zero-order chi connectivity index (χ0) is 21.1. The van der Waals surface area contributed by atoms with Crippen LogP contribution in [0.15, 0.2) is 85.1 Å². The lowest BCUT2D eigenvalue weighted by Gasteiger charge is -2.10. The first kappa shape index (κ1) is 19.6. The van der Waals surface area contributed by atoms with E-state index in [2.05, 4.69) is 0 Å². The van der Waals surface area contributed by atoms with Crippen LogP contribution in [0.3, 0.4) is 0 Å². The molecule has 150 valence electrons. The lowest BCUT2D eigenvalue weighted by Crippen LogP contribution is -2.09. The number of rotatable bonds is 7. The minimum atomic E-state index is -0.828. The number of benzene rings is 3. The van der Waals surface area contributed by atoms with Gasteiger partial charge in [-0.3, -0.25) is 9.59 Å². The highest BCUT2D eigenvalue weighted by atomic mass is 16.4. The van der Waals surface area contributed by atoms with Gasteiger partial charge in [0.05, 0.1) is 5.52 Å². The number of hydrogen-bond donors (Lipinski definition) is 1. The Hall–Kier alpha value is -3.66. The van der Waals surface area contributed by atoms with Crippen molar-refractivity contribution < 1.29 is 14.7 Å². The van der Waals surface area contributed by atoms with Crippen molar-refractivity contribution in [2.45, 2.75) is 25.7 Å². The molecule has 0 aliphatic rings. The normalized spacial score (nSPS) is 12.0. The SMILES string of the molecule is CC(C(=O)c1cn(-c2ccccc2)c2ccc(CCC(=O)O)cc12)c1ccccc1. The number of nitrogens with zero attached hydrogens (tertiary/aromatic N) is 1. The number of fused-ring (bicyclic) bond motifs is 1. The molecule has 1 atom stereocenters. The van der Waals surface area contributed by atoms with Crippen LogP contribution >= 0.6 is 0 Å². The summed E-state index contributed by atoms with van der Waals surface area (Å²) >= 11 is 0. The van der Waals surface area contributed by atoms with Gasteiger partial charge in [-0.1, -0.05) is 61.5 Å². The van der Waals surface area contributed by atoms with E-state index in [1.807, 2.05) is 96.6 Å². The molecule has 1 aromatic heterocycles. The third kappa shape index (κ3) is 3.90. The maximum absolute atomic E-state index is 13.5. The highest BCUT2D eigenvalue weighted by Gasteiger charge is 2.22. The molecule has 0 radical (unpaired) electrons. The van der Waals surface area contributed by atoms with Crippen LogP contribution in [0.2, 0.25) is 0 Å². The Balaban J connectivity index is 1.83. The van der Waals surface area contributed by atoms with E-state index in [9.17, 15) is 9.59 Å². The highest BCUT2D eigenvalue weighted by molar-refractivity contribution is 6.11. The van der Waals surface area contributed by atoms with Crippen LogP contribution in [-0.4, -0.2) is 21.4 Å². The number of aryl methyl sites for hydroxylation is 1. The Morgan fingerprint density at radius 1 is 0.933 bits per heavy atom. The summed E-state index contributed by atoms with van der Waals surface area (Å²) < 4.78 is 2.03. The predicted molar refractivity (Wildman–Crippen MR) is 118 cm³/mol. The van der Waals surface area contributed by atoms with Crippen LogP contribution in [-0.2, 0) is 11.2 Å². The molecule has 1 heterocycles. The van der Waals surface area contributed by atoms with Gasteiger partial charge >= 0.3 is 5.97 Å². The van der Waals surface area contributed by atoms with Crippen molar-refractivity contribution in [2.24, 2.45) is 0 Å². The first-order chi connectivity index (χ1) is 14.5. The molecule has 0 aliphatic carbocycles. The summed E-state index contributed by atoms with van der Waals surface area (Å²) in [4.78, 5) is 24.5. The van der Waals surface area contributed by atoms with Gasteiger partial charge in [0.2, 0.25) is 0 Å². The average Bonchev–Trinajstić information content (AvgIpc) is 3.16. The van der Waals surface area contributed by atoms with E-state index < -0.39 is 5.97 Å². The molecule has 0 spiro atoms. The smallest absolute Gasteiger partial charge is 0.303 e. The van der Waals surface area contributed by atoms with Crippen molar-refractivity contribution >= 4 is 22.7 Å². The molecular weight excluding hydrogens is 374 g/mol. The van der Waals surface area contributed by atoms with Crippen molar-refractivity contribution in [3.8, 4) is 5.69 Å². The lowest BCUT2D eigenvalue weighted by atomic mass is 9.92. The van der Waals surface area contributed by atoms with Gasteiger partial charge in [-0.05, 0) is 41.8 Å². The monoisotopic (exact) mass is 397 g/mol. The third-order valence-electron chi connectivity index (χ3n) is 5.49. The Kier molecular flexibility index (Phi) is 5.48. The fourth-order valence-electron chi connectivity index (χ4n) is 3.81. The summed E-state index contributed by atoms with van der Waals surface area (Å²) in [6.07, 6.45) is 2.40. The van der Waals surface area contributed by atoms with Gasteiger partial charge < -0.3 is 9.67 Å². The molecular formula is C26H23NO3. The van der Waals surface area contributed by atoms with E-state index in [1.54, 1.807) is 0 Å². The van der Waals surface area contributed by atoms with Crippen LogP contribution in [0.5, 0.6) is 0 Å². The van der Waals surface area contributed by atoms with E-state index in [-0.39, 0.29) is 18.1 Å². The Morgan fingerprint density at radius 3 is 2.27 bits per heavy atom. The molecule has 4 aromatic rings. The number of hydrogen-bond acceptors (Lipinski definition) is 2. The highest BCUT2D eigenvalue weighted by Crippen LogP contribution is 2.30. The second-order valence-electron chi connectivity index (χ2n) is 7.49. The van der Waals surface area contributed by atoms with Crippen molar-refractivity contribution in [2.75, 3.05) is 0 Å². The van der Waals surface area contributed by atoms with Crippen molar-refractivity contribution in [3.63, 3.8) is 0 Å². The number of aliphatic carboxylic acids is 1. The van der Waals surface area contributed by atoms with Gasteiger partial charge in [-0.15, -0.1) is 0 Å². The molecule has 1 unspecified atom stereocenters. The minimum Gasteiger partial charge on any atom is -0.481 e. The Morgan fingerprint density at radius 2 is 1.60 bits per heavy atom. The molecule has 30 heavy (non-hydrogen) atoms. The summed E-state index contributed by atoms with van der Waals surface area (Å²) in [5.74, 6) is -1.05. The summed E-state index contributed by atoms with van der Waals surface area (Å²) in [5, 5.41) is 9.88. The molecule has 3 aromatic carbocycles. The summed E-state index contributed by atoms with van der Waals surface area (Å²) in [6, 6.07) is 25.6. The van der Waals surface area contributed by atoms with Gasteiger partial charge in [0.25, 0.3) is 0 Å². The van der Waals surface area contributed by atoms with Gasteiger partial charge in [-0.25, -0.2) is 0 Å². The van der Waals surface area contributed by atoms with Gasteiger partial charge in [0, 0.05) is 35.2 Å². The first-order valence-corrected chi connectivity index (χ1v) is 10.0. The molecule has 0 bridgehead atoms. The number of carboxylic acid groups (broad SMARTS) is 1. The molecule has 1 N–H and O–H groups in total.